The molecule has 0 aromatic carbocycles. The van der Waals surface area contributed by atoms with Crippen LogP contribution >= 0.6 is 0 Å². The summed E-state index contributed by atoms with van der Waals surface area (Å²) in [6, 6.07) is 2.81. The summed E-state index contributed by atoms with van der Waals surface area (Å²) in [7, 11) is 1.48. The smallest absolute Gasteiger partial charge is 0.319 e. The van der Waals surface area contributed by atoms with Gasteiger partial charge in [-0.25, -0.2) is 9.78 Å². The fraction of sp³-hybridized carbons (Fsp3) is 0.364. The number of nitrogens with one attached hydrogen (secondary N) is 2. The van der Waals surface area contributed by atoms with Crippen LogP contribution < -0.4 is 15.4 Å². The Bertz CT molecular complexity index is 423. The first-order valence-electron chi connectivity index (χ1n) is 5.38. The van der Waals surface area contributed by atoms with Crippen molar-refractivity contribution in [1.29, 1.82) is 0 Å². The quantitative estimate of drug-likeness (QED) is 0.658. The van der Waals surface area contributed by atoms with Gasteiger partial charge in [0.05, 0.1) is 7.11 Å². The van der Waals surface area contributed by atoms with Gasteiger partial charge >= 0.3 is 12.0 Å². The van der Waals surface area contributed by atoms with Crippen molar-refractivity contribution in [2.45, 2.75) is 12.8 Å². The number of carbonyl (C=O) groups is 2. The molecular formula is C11H15N3O4. The Balaban J connectivity index is 2.33. The second-order valence-corrected chi connectivity index (χ2v) is 3.47. The van der Waals surface area contributed by atoms with Gasteiger partial charge in [-0.3, -0.25) is 4.79 Å². The number of carbonyl (C=O) groups excluding carboxylic acids is 1. The first kappa shape index (κ1) is 13.8. The molecule has 0 unspecified atom stereocenters. The molecule has 0 atom stereocenters. The van der Waals surface area contributed by atoms with E-state index in [4.69, 9.17) is 9.84 Å². The molecule has 98 valence electrons. The SMILES string of the molecule is COc1cc(NC(=O)NCCCC(=O)O)ccn1. The summed E-state index contributed by atoms with van der Waals surface area (Å²) in [5.74, 6) is -0.477. The van der Waals surface area contributed by atoms with Crippen molar-refractivity contribution in [1.82, 2.24) is 10.3 Å². The minimum atomic E-state index is -0.879. The van der Waals surface area contributed by atoms with Gasteiger partial charge in [0.25, 0.3) is 0 Å². The molecule has 18 heavy (non-hydrogen) atoms. The molecule has 1 aromatic rings. The van der Waals surface area contributed by atoms with E-state index in [0.29, 0.717) is 24.5 Å². The lowest BCUT2D eigenvalue weighted by Gasteiger charge is -2.07. The predicted molar refractivity (Wildman–Crippen MR) is 64.7 cm³/mol. The number of amides is 2. The third-order valence-electron chi connectivity index (χ3n) is 2.05. The van der Waals surface area contributed by atoms with E-state index in [0.717, 1.165) is 0 Å². The van der Waals surface area contributed by atoms with Crippen molar-refractivity contribution in [3.8, 4) is 5.88 Å². The summed E-state index contributed by atoms with van der Waals surface area (Å²) in [5.41, 5.74) is 0.553. The highest BCUT2D eigenvalue weighted by Crippen LogP contribution is 2.12. The summed E-state index contributed by atoms with van der Waals surface area (Å²) in [6.07, 6.45) is 1.94. The molecule has 0 bridgehead atoms. The zero-order valence-corrected chi connectivity index (χ0v) is 9.97. The van der Waals surface area contributed by atoms with Crippen LogP contribution in [0.3, 0.4) is 0 Å². The summed E-state index contributed by atoms with van der Waals surface area (Å²) in [4.78, 5) is 25.6. The number of carboxylic acids is 1. The lowest BCUT2D eigenvalue weighted by Crippen LogP contribution is -2.29. The average molecular weight is 253 g/mol. The number of pyridine rings is 1. The summed E-state index contributed by atoms with van der Waals surface area (Å²) >= 11 is 0. The number of hydrogen-bond acceptors (Lipinski definition) is 4. The largest absolute Gasteiger partial charge is 0.481 e. The number of urea groups is 1. The minimum absolute atomic E-state index is 0.0311. The molecule has 1 heterocycles. The van der Waals surface area contributed by atoms with Crippen molar-refractivity contribution < 1.29 is 19.4 Å². The molecule has 1 rings (SSSR count). The maximum absolute atomic E-state index is 11.4. The third kappa shape index (κ3) is 5.15. The molecular weight excluding hydrogens is 238 g/mol. The maximum atomic E-state index is 11.4. The topological polar surface area (TPSA) is 101 Å². The van der Waals surface area contributed by atoms with Crippen LogP contribution in [0.15, 0.2) is 18.3 Å². The Morgan fingerprint density at radius 1 is 1.50 bits per heavy atom. The first-order chi connectivity index (χ1) is 8.61. The molecule has 0 radical (unpaired) electrons. The van der Waals surface area contributed by atoms with Gasteiger partial charge in [0.1, 0.15) is 0 Å². The summed E-state index contributed by atoms with van der Waals surface area (Å²) < 4.78 is 4.91. The Morgan fingerprint density at radius 3 is 2.94 bits per heavy atom. The average Bonchev–Trinajstić information content (AvgIpc) is 2.34. The molecule has 0 aliphatic heterocycles. The van der Waals surface area contributed by atoms with E-state index in [-0.39, 0.29) is 6.42 Å². The van der Waals surface area contributed by atoms with Gasteiger partial charge in [-0.2, -0.15) is 0 Å². The molecule has 3 N–H and O–H groups in total. The molecule has 7 nitrogen and oxygen atoms in total. The van der Waals surface area contributed by atoms with E-state index in [1.54, 1.807) is 12.1 Å². The van der Waals surface area contributed by atoms with Crippen molar-refractivity contribution >= 4 is 17.7 Å². The number of aliphatic carboxylic acids is 1. The van der Waals surface area contributed by atoms with Gasteiger partial charge in [0.2, 0.25) is 5.88 Å². The molecule has 0 aliphatic carbocycles. The highest BCUT2D eigenvalue weighted by Gasteiger charge is 2.03. The number of anilines is 1. The normalized spacial score (nSPS) is 9.61. The molecule has 0 spiro atoms. The Hall–Kier alpha value is -2.31. The van der Waals surface area contributed by atoms with E-state index in [1.165, 1.54) is 13.3 Å². The minimum Gasteiger partial charge on any atom is -0.481 e. The van der Waals surface area contributed by atoms with Crippen LogP contribution in [0.5, 0.6) is 5.88 Å². The number of carboxylic acid groups (broad SMARTS) is 1. The van der Waals surface area contributed by atoms with Gasteiger partial charge < -0.3 is 20.5 Å². The zero-order chi connectivity index (χ0) is 13.4. The van der Waals surface area contributed by atoms with Crippen LogP contribution in [0, 0.1) is 0 Å². The van der Waals surface area contributed by atoms with Gasteiger partial charge in [0, 0.05) is 30.9 Å². The van der Waals surface area contributed by atoms with E-state index in [9.17, 15) is 9.59 Å². The zero-order valence-electron chi connectivity index (χ0n) is 9.97. The number of ether oxygens (including phenoxy) is 1. The second-order valence-electron chi connectivity index (χ2n) is 3.47. The summed E-state index contributed by atoms with van der Waals surface area (Å²) in [6.45, 7) is 0.306. The number of methoxy groups -OCH3 is 1. The van der Waals surface area contributed by atoms with E-state index in [2.05, 4.69) is 15.6 Å². The van der Waals surface area contributed by atoms with Crippen LogP contribution in [-0.4, -0.2) is 35.7 Å². The molecule has 0 aliphatic rings. The standard InChI is InChI=1S/C11H15N3O4/c1-18-9-7-8(4-6-12-9)14-11(17)13-5-2-3-10(15)16/h4,6-7H,2-3,5H2,1H3,(H,15,16)(H2,12,13,14,17). The molecule has 0 fully saturated rings. The monoisotopic (exact) mass is 253 g/mol. The highest BCUT2D eigenvalue weighted by atomic mass is 16.5. The van der Waals surface area contributed by atoms with Crippen LogP contribution in [0.2, 0.25) is 0 Å². The first-order valence-corrected chi connectivity index (χ1v) is 5.38. The lowest BCUT2D eigenvalue weighted by atomic mass is 10.3. The van der Waals surface area contributed by atoms with Gasteiger partial charge in [-0.15, -0.1) is 0 Å². The number of rotatable bonds is 6. The van der Waals surface area contributed by atoms with Crippen LogP contribution in [0.4, 0.5) is 10.5 Å². The molecule has 0 saturated carbocycles. The molecule has 0 saturated heterocycles. The van der Waals surface area contributed by atoms with Gasteiger partial charge in [0.15, 0.2) is 0 Å². The fourth-order valence-corrected chi connectivity index (χ4v) is 1.22. The Morgan fingerprint density at radius 2 is 2.28 bits per heavy atom. The van der Waals surface area contributed by atoms with Crippen molar-refractivity contribution in [3.05, 3.63) is 18.3 Å². The second kappa shape index (κ2) is 7.10. The molecule has 2 amide bonds. The number of hydrogen-bond donors (Lipinski definition) is 3. The Labute approximate surface area is 104 Å². The number of aromatic nitrogens is 1. The fourth-order valence-electron chi connectivity index (χ4n) is 1.22. The van der Waals surface area contributed by atoms with Gasteiger partial charge in [-0.1, -0.05) is 0 Å². The molecule has 1 aromatic heterocycles. The lowest BCUT2D eigenvalue weighted by molar-refractivity contribution is -0.137. The Kier molecular flexibility index (Phi) is 5.43. The van der Waals surface area contributed by atoms with Crippen molar-refractivity contribution in [2.75, 3.05) is 19.0 Å². The summed E-state index contributed by atoms with van der Waals surface area (Å²) in [5, 5.41) is 13.6. The van der Waals surface area contributed by atoms with E-state index in [1.807, 2.05) is 0 Å². The van der Waals surface area contributed by atoms with Crippen LogP contribution in [0.1, 0.15) is 12.8 Å². The highest BCUT2D eigenvalue weighted by molar-refractivity contribution is 5.89. The maximum Gasteiger partial charge on any atom is 0.319 e. The van der Waals surface area contributed by atoms with E-state index < -0.39 is 12.0 Å². The third-order valence-corrected chi connectivity index (χ3v) is 2.05. The van der Waals surface area contributed by atoms with Crippen molar-refractivity contribution in [3.63, 3.8) is 0 Å². The number of nitrogens with zero attached hydrogens (tertiary/aromatic N) is 1. The van der Waals surface area contributed by atoms with Crippen LogP contribution in [-0.2, 0) is 4.79 Å². The van der Waals surface area contributed by atoms with Gasteiger partial charge in [-0.05, 0) is 12.5 Å². The van der Waals surface area contributed by atoms with Crippen LogP contribution in [0.25, 0.3) is 0 Å². The van der Waals surface area contributed by atoms with E-state index >= 15 is 0 Å². The van der Waals surface area contributed by atoms with Crippen molar-refractivity contribution in [2.24, 2.45) is 0 Å². The molecule has 7 heteroatoms. The predicted octanol–water partition coefficient (Wildman–Crippen LogP) is 1.08.